The molecule has 1 saturated heterocycles. The van der Waals surface area contributed by atoms with Gasteiger partial charge in [0, 0.05) is 0 Å². The molecule has 0 saturated carbocycles. The van der Waals surface area contributed by atoms with E-state index in [1.165, 1.54) is 0 Å². The molecule has 17 heavy (non-hydrogen) atoms. The summed E-state index contributed by atoms with van der Waals surface area (Å²) in [5.41, 5.74) is -0.381. The Labute approximate surface area is 97.9 Å². The smallest absolute Gasteiger partial charge is 0.340 e. The Bertz CT molecular complexity index is 452. The molecule has 1 aliphatic heterocycles. The number of rotatable bonds is 3. The largest absolute Gasteiger partial charge is 0.365 e. The minimum Gasteiger partial charge on any atom is -0.365 e. The lowest BCUT2D eigenvalue weighted by molar-refractivity contribution is -0.133. The number of nitrogens with zero attached hydrogens (tertiary/aromatic N) is 1. The number of carbonyl (C=O) groups excluding carboxylic acids is 1. The maximum absolute atomic E-state index is 11.8. The average molecular weight is 240 g/mol. The molecule has 3 atom stereocenters. The highest BCUT2D eigenvalue weighted by atomic mass is 16.5. The van der Waals surface area contributed by atoms with Crippen LogP contribution >= 0.6 is 0 Å². The molecule has 1 aromatic rings. The third-order valence-electron chi connectivity index (χ3n) is 2.84. The Hall–Kier alpha value is -1.63. The summed E-state index contributed by atoms with van der Waals surface area (Å²) in [6.07, 6.45) is 0.596. The Morgan fingerprint density at radius 2 is 2.35 bits per heavy atom. The third-order valence-corrected chi connectivity index (χ3v) is 2.84. The van der Waals surface area contributed by atoms with E-state index in [9.17, 15) is 9.59 Å². The number of amides is 1. The zero-order valence-electron chi connectivity index (χ0n) is 9.82. The van der Waals surface area contributed by atoms with E-state index in [1.807, 2.05) is 13.8 Å². The van der Waals surface area contributed by atoms with Crippen molar-refractivity contribution in [3.05, 3.63) is 16.3 Å². The summed E-state index contributed by atoms with van der Waals surface area (Å²) in [5, 5.41) is 8.62. The first-order valence-corrected chi connectivity index (χ1v) is 5.63. The zero-order chi connectivity index (χ0) is 12.4. The number of hydrogen-bond acceptors (Lipinski definition) is 4. The molecule has 3 unspecified atom stereocenters. The lowest BCUT2D eigenvalue weighted by atomic mass is 10.0. The van der Waals surface area contributed by atoms with Crippen molar-refractivity contribution >= 4 is 5.91 Å². The van der Waals surface area contributed by atoms with Crippen LogP contribution in [0, 0.1) is 5.92 Å². The third kappa shape index (κ3) is 2.73. The van der Waals surface area contributed by atoms with E-state index in [4.69, 9.17) is 4.74 Å². The molecule has 1 aliphatic rings. The number of aromatic amines is 2. The SMILES string of the molecule is CC1CC(C)C(C(=O)NCc2n[nH]c(=O)[nH]2)O1. The Kier molecular flexibility index (Phi) is 3.28. The number of nitrogens with one attached hydrogen (secondary N) is 3. The zero-order valence-corrected chi connectivity index (χ0v) is 9.82. The molecule has 1 amide bonds. The van der Waals surface area contributed by atoms with Crippen LogP contribution in [0.3, 0.4) is 0 Å². The van der Waals surface area contributed by atoms with Gasteiger partial charge < -0.3 is 10.1 Å². The van der Waals surface area contributed by atoms with E-state index in [0.29, 0.717) is 5.82 Å². The van der Waals surface area contributed by atoms with Crippen molar-refractivity contribution in [3.8, 4) is 0 Å². The fraction of sp³-hybridized carbons (Fsp3) is 0.700. The summed E-state index contributed by atoms with van der Waals surface area (Å²) in [4.78, 5) is 25.1. The summed E-state index contributed by atoms with van der Waals surface area (Å²) in [7, 11) is 0. The van der Waals surface area contributed by atoms with Gasteiger partial charge in [0.15, 0.2) is 0 Å². The highest BCUT2D eigenvalue weighted by Crippen LogP contribution is 2.25. The number of aromatic nitrogens is 3. The first-order valence-electron chi connectivity index (χ1n) is 5.63. The van der Waals surface area contributed by atoms with Gasteiger partial charge in [-0.3, -0.25) is 9.78 Å². The van der Waals surface area contributed by atoms with Crippen LogP contribution in [0.5, 0.6) is 0 Å². The first kappa shape index (κ1) is 11.8. The predicted octanol–water partition coefficient (Wildman–Crippen LogP) is -0.472. The van der Waals surface area contributed by atoms with Crippen molar-refractivity contribution in [2.75, 3.05) is 0 Å². The summed E-state index contributed by atoms with van der Waals surface area (Å²) in [5.74, 6) is 0.455. The quantitative estimate of drug-likeness (QED) is 0.664. The van der Waals surface area contributed by atoms with E-state index < -0.39 is 6.10 Å². The summed E-state index contributed by atoms with van der Waals surface area (Å²) < 4.78 is 5.52. The van der Waals surface area contributed by atoms with Gasteiger partial charge in [0.2, 0.25) is 5.91 Å². The predicted molar refractivity (Wildman–Crippen MR) is 59.2 cm³/mol. The van der Waals surface area contributed by atoms with Crippen LogP contribution in [0.25, 0.3) is 0 Å². The number of ether oxygens (including phenoxy) is 1. The van der Waals surface area contributed by atoms with Crippen molar-refractivity contribution in [1.29, 1.82) is 0 Å². The maximum atomic E-state index is 11.8. The molecule has 0 aromatic carbocycles. The van der Waals surface area contributed by atoms with Gasteiger partial charge in [-0.25, -0.2) is 9.89 Å². The lowest BCUT2D eigenvalue weighted by Crippen LogP contribution is -2.37. The van der Waals surface area contributed by atoms with Crippen LogP contribution in [-0.4, -0.2) is 33.3 Å². The second-order valence-corrected chi connectivity index (χ2v) is 4.42. The molecule has 1 fully saturated rings. The van der Waals surface area contributed by atoms with Crippen molar-refractivity contribution in [2.45, 2.75) is 39.0 Å². The first-order chi connectivity index (χ1) is 8.06. The van der Waals surface area contributed by atoms with Crippen LogP contribution in [-0.2, 0) is 16.1 Å². The molecule has 94 valence electrons. The van der Waals surface area contributed by atoms with Gasteiger partial charge in [-0.1, -0.05) is 6.92 Å². The molecule has 0 bridgehead atoms. The normalized spacial score (nSPS) is 28.2. The molecule has 7 nitrogen and oxygen atoms in total. The summed E-state index contributed by atoms with van der Waals surface area (Å²) in [6.45, 7) is 4.14. The highest BCUT2D eigenvalue weighted by molar-refractivity contribution is 5.81. The van der Waals surface area contributed by atoms with Crippen molar-refractivity contribution in [3.63, 3.8) is 0 Å². The van der Waals surface area contributed by atoms with E-state index in [-0.39, 0.29) is 30.2 Å². The summed E-state index contributed by atoms with van der Waals surface area (Å²) >= 11 is 0. The topological polar surface area (TPSA) is 99.9 Å². The van der Waals surface area contributed by atoms with E-state index >= 15 is 0 Å². The minimum atomic E-state index is -0.407. The number of H-pyrrole nitrogens is 2. The standard InChI is InChI=1S/C10H16N4O3/c1-5-3-6(2)17-8(5)9(15)11-4-7-12-10(16)14-13-7/h5-6,8H,3-4H2,1-2H3,(H,11,15)(H2,12,13,14,16). The van der Waals surface area contributed by atoms with Gasteiger partial charge in [0.05, 0.1) is 12.6 Å². The van der Waals surface area contributed by atoms with Crippen LogP contribution in [0.4, 0.5) is 0 Å². The Morgan fingerprint density at radius 3 is 2.88 bits per heavy atom. The van der Waals surface area contributed by atoms with Gasteiger partial charge in [-0.2, -0.15) is 5.10 Å². The van der Waals surface area contributed by atoms with Crippen molar-refractivity contribution in [2.24, 2.45) is 5.92 Å². The molecule has 1 aromatic heterocycles. The monoisotopic (exact) mass is 240 g/mol. The molecule has 2 rings (SSSR count). The van der Waals surface area contributed by atoms with Crippen LogP contribution < -0.4 is 11.0 Å². The lowest BCUT2D eigenvalue weighted by Gasteiger charge is -2.14. The van der Waals surface area contributed by atoms with E-state index in [1.54, 1.807) is 0 Å². The molecule has 2 heterocycles. The Morgan fingerprint density at radius 1 is 1.59 bits per heavy atom. The molecule has 0 radical (unpaired) electrons. The van der Waals surface area contributed by atoms with Gasteiger partial charge >= 0.3 is 5.69 Å². The Balaban J connectivity index is 1.87. The molecular formula is C10H16N4O3. The molecule has 0 spiro atoms. The minimum absolute atomic E-state index is 0.117. The second kappa shape index (κ2) is 4.70. The van der Waals surface area contributed by atoms with Gasteiger partial charge in [-0.15, -0.1) is 0 Å². The van der Waals surface area contributed by atoms with E-state index in [0.717, 1.165) is 6.42 Å². The number of hydrogen-bond donors (Lipinski definition) is 3. The molecular weight excluding hydrogens is 224 g/mol. The van der Waals surface area contributed by atoms with E-state index in [2.05, 4.69) is 20.5 Å². The average Bonchev–Trinajstić information content (AvgIpc) is 2.81. The summed E-state index contributed by atoms with van der Waals surface area (Å²) in [6, 6.07) is 0. The fourth-order valence-corrected chi connectivity index (χ4v) is 2.07. The second-order valence-electron chi connectivity index (χ2n) is 4.42. The van der Waals surface area contributed by atoms with Gasteiger partial charge in [-0.05, 0) is 19.3 Å². The molecule has 7 heteroatoms. The molecule has 3 N–H and O–H groups in total. The van der Waals surface area contributed by atoms with Crippen molar-refractivity contribution < 1.29 is 9.53 Å². The fourth-order valence-electron chi connectivity index (χ4n) is 2.07. The highest BCUT2D eigenvalue weighted by Gasteiger charge is 2.34. The van der Waals surface area contributed by atoms with Crippen LogP contribution in [0.15, 0.2) is 4.79 Å². The van der Waals surface area contributed by atoms with Gasteiger partial charge in [0.25, 0.3) is 0 Å². The maximum Gasteiger partial charge on any atom is 0.340 e. The molecule has 0 aliphatic carbocycles. The van der Waals surface area contributed by atoms with Crippen LogP contribution in [0.2, 0.25) is 0 Å². The number of carbonyl (C=O) groups is 1. The van der Waals surface area contributed by atoms with Crippen LogP contribution in [0.1, 0.15) is 26.1 Å². The van der Waals surface area contributed by atoms with Crippen molar-refractivity contribution in [1.82, 2.24) is 20.5 Å². The van der Waals surface area contributed by atoms with Gasteiger partial charge in [0.1, 0.15) is 11.9 Å².